The summed E-state index contributed by atoms with van der Waals surface area (Å²) in [6.07, 6.45) is 0.778. The fourth-order valence-corrected chi connectivity index (χ4v) is 5.37. The molecule has 29 heavy (non-hydrogen) atoms. The van der Waals surface area contributed by atoms with Crippen LogP contribution in [0.1, 0.15) is 0 Å². The summed E-state index contributed by atoms with van der Waals surface area (Å²) < 4.78 is 4.97. The Kier molecular flexibility index (Phi) is 3.50. The van der Waals surface area contributed by atoms with Crippen molar-refractivity contribution in [3.63, 3.8) is 0 Å². The van der Waals surface area contributed by atoms with E-state index in [-0.39, 0.29) is 0 Å². The van der Waals surface area contributed by atoms with E-state index in [0.29, 0.717) is 0 Å². The minimum Gasteiger partial charge on any atom is -0.442 e. The molecule has 0 bridgehead atoms. The van der Waals surface area contributed by atoms with Gasteiger partial charge in [0.25, 0.3) is 0 Å². The SMILES string of the molecule is Clc1ccc2c(c1)cc1n2[B-](c2ccccc2)(c2ccccc2)[n+]2ccccc2-1. The van der Waals surface area contributed by atoms with Crippen LogP contribution in [0.4, 0.5) is 0 Å². The van der Waals surface area contributed by atoms with Crippen LogP contribution in [0.5, 0.6) is 0 Å². The Morgan fingerprint density at radius 1 is 0.690 bits per heavy atom. The van der Waals surface area contributed by atoms with Gasteiger partial charge in [0, 0.05) is 16.6 Å². The van der Waals surface area contributed by atoms with E-state index in [1.165, 1.54) is 33.2 Å². The number of halogens is 1. The molecule has 5 aromatic rings. The third-order valence-electron chi connectivity index (χ3n) is 6.26. The maximum absolute atomic E-state index is 6.34. The maximum Gasteiger partial charge on any atom is 0.435 e. The van der Waals surface area contributed by atoms with Crippen LogP contribution in [0, 0.1) is 0 Å². The zero-order chi connectivity index (χ0) is 19.4. The quantitative estimate of drug-likeness (QED) is 0.390. The molecule has 2 nitrogen and oxygen atoms in total. The molecule has 2 aromatic heterocycles. The van der Waals surface area contributed by atoms with Crippen LogP contribution < -0.4 is 15.4 Å². The summed E-state index contributed by atoms with van der Waals surface area (Å²) in [5, 5.41) is 1.93. The molecule has 0 fully saturated rings. The Hall–Kier alpha value is -3.30. The first kappa shape index (κ1) is 16.6. The number of pyridine rings is 1. The molecule has 0 unspecified atom stereocenters. The van der Waals surface area contributed by atoms with E-state index < -0.39 is 6.42 Å². The van der Waals surface area contributed by atoms with E-state index in [1.807, 2.05) is 6.07 Å². The second kappa shape index (κ2) is 6.10. The lowest BCUT2D eigenvalue weighted by Gasteiger charge is -2.34. The molecule has 3 aromatic carbocycles. The fraction of sp³-hybridized carbons (Fsp3) is 0. The van der Waals surface area contributed by atoms with Gasteiger partial charge in [-0.2, -0.15) is 0 Å². The van der Waals surface area contributed by atoms with E-state index in [0.717, 1.165) is 5.02 Å². The summed E-state index contributed by atoms with van der Waals surface area (Å²) in [6.45, 7) is 0. The van der Waals surface area contributed by atoms with Gasteiger partial charge in [-0.15, -0.1) is 10.9 Å². The molecule has 3 heterocycles. The highest BCUT2D eigenvalue weighted by Gasteiger charge is 2.50. The lowest BCUT2D eigenvalue weighted by molar-refractivity contribution is -0.527. The summed E-state index contributed by atoms with van der Waals surface area (Å²) in [4.78, 5) is 0. The zero-order valence-corrected chi connectivity index (χ0v) is 16.5. The summed E-state index contributed by atoms with van der Waals surface area (Å²) in [5.41, 5.74) is 6.19. The van der Waals surface area contributed by atoms with Crippen LogP contribution >= 0.6 is 11.6 Å². The average Bonchev–Trinajstić information content (AvgIpc) is 3.28. The second-order valence-electron chi connectivity index (χ2n) is 7.69. The smallest absolute Gasteiger partial charge is 0.435 e. The van der Waals surface area contributed by atoms with Gasteiger partial charge in [-0.3, -0.25) is 0 Å². The molecule has 1 aliphatic rings. The van der Waals surface area contributed by atoms with Crippen LogP contribution in [0.25, 0.3) is 22.3 Å². The number of aromatic nitrogens is 2. The number of rotatable bonds is 2. The first-order valence-corrected chi connectivity index (χ1v) is 10.3. The Balaban J connectivity index is 1.86. The molecule has 0 aliphatic carbocycles. The summed E-state index contributed by atoms with van der Waals surface area (Å²) in [7, 11) is 0. The van der Waals surface area contributed by atoms with Crippen molar-refractivity contribution in [3.8, 4) is 11.4 Å². The molecular formula is C25H18BClN2. The summed E-state index contributed by atoms with van der Waals surface area (Å²) in [6, 6.07) is 36.6. The van der Waals surface area contributed by atoms with Gasteiger partial charge in [0.05, 0.1) is 5.69 Å². The molecular weight excluding hydrogens is 375 g/mol. The average molecular weight is 393 g/mol. The molecule has 0 atom stereocenters. The maximum atomic E-state index is 6.34. The van der Waals surface area contributed by atoms with Gasteiger partial charge in [0.1, 0.15) is 6.20 Å². The Morgan fingerprint density at radius 2 is 1.34 bits per heavy atom. The van der Waals surface area contributed by atoms with Crippen molar-refractivity contribution in [2.24, 2.45) is 0 Å². The van der Waals surface area contributed by atoms with E-state index in [1.54, 1.807) is 0 Å². The monoisotopic (exact) mass is 392 g/mol. The van der Waals surface area contributed by atoms with Crippen LogP contribution in [-0.2, 0) is 0 Å². The van der Waals surface area contributed by atoms with Crippen LogP contribution in [0.2, 0.25) is 5.02 Å². The topological polar surface area (TPSA) is 8.81 Å². The largest absolute Gasteiger partial charge is 0.442 e. The van der Waals surface area contributed by atoms with Gasteiger partial charge in [0.15, 0.2) is 5.69 Å². The second-order valence-corrected chi connectivity index (χ2v) is 8.13. The van der Waals surface area contributed by atoms with Gasteiger partial charge in [-0.25, -0.2) is 0 Å². The summed E-state index contributed by atoms with van der Waals surface area (Å²) in [5.74, 6) is 0. The zero-order valence-electron chi connectivity index (χ0n) is 15.7. The number of fused-ring (bicyclic) bond motifs is 5. The van der Waals surface area contributed by atoms with Gasteiger partial charge >= 0.3 is 6.42 Å². The molecule has 0 radical (unpaired) electrons. The molecule has 0 saturated heterocycles. The molecule has 138 valence electrons. The van der Waals surface area contributed by atoms with Gasteiger partial charge in [-0.05, 0) is 35.7 Å². The lowest BCUT2D eigenvalue weighted by Crippen LogP contribution is -2.80. The normalized spacial score (nSPS) is 14.0. The minimum absolute atomic E-state index is 0.764. The highest BCUT2D eigenvalue weighted by Crippen LogP contribution is 2.35. The molecule has 0 amide bonds. The number of hydrogen-bond acceptors (Lipinski definition) is 0. The van der Waals surface area contributed by atoms with Crippen LogP contribution in [-0.4, -0.2) is 10.9 Å². The number of benzene rings is 3. The standard InChI is InChI=1S/C25H18BClN2/c27-22-14-15-23-19(17-22)18-25-24-13-7-8-16-28(24)26(29(23)25,20-9-3-1-4-10-20)21-11-5-2-6-12-21/h1-18H. The third kappa shape index (κ3) is 2.16. The summed E-state index contributed by atoms with van der Waals surface area (Å²) >= 11 is 6.34. The van der Waals surface area contributed by atoms with Gasteiger partial charge < -0.3 is 8.96 Å². The number of hydrogen-bond donors (Lipinski definition) is 0. The van der Waals surface area contributed by atoms with Gasteiger partial charge in [0.2, 0.25) is 0 Å². The Morgan fingerprint density at radius 3 is 2.03 bits per heavy atom. The first-order valence-electron chi connectivity index (χ1n) is 9.89. The predicted octanol–water partition coefficient (Wildman–Crippen LogP) is 4.22. The minimum atomic E-state index is -1.43. The molecule has 4 heteroatoms. The van der Waals surface area contributed by atoms with Crippen molar-refractivity contribution in [2.75, 3.05) is 0 Å². The fourth-order valence-electron chi connectivity index (χ4n) is 5.18. The molecule has 1 aliphatic heterocycles. The molecule has 0 saturated carbocycles. The predicted molar refractivity (Wildman–Crippen MR) is 121 cm³/mol. The molecule has 0 N–H and O–H groups in total. The van der Waals surface area contributed by atoms with Gasteiger partial charge in [-0.1, -0.05) is 78.3 Å². The van der Waals surface area contributed by atoms with Crippen molar-refractivity contribution in [1.82, 2.24) is 4.48 Å². The van der Waals surface area contributed by atoms with Crippen LogP contribution in [0.3, 0.4) is 0 Å². The van der Waals surface area contributed by atoms with Crippen molar-refractivity contribution in [1.29, 1.82) is 0 Å². The molecule has 0 spiro atoms. The van der Waals surface area contributed by atoms with E-state index in [4.69, 9.17) is 11.6 Å². The highest BCUT2D eigenvalue weighted by atomic mass is 35.5. The van der Waals surface area contributed by atoms with E-state index in [2.05, 4.69) is 112 Å². The van der Waals surface area contributed by atoms with E-state index in [9.17, 15) is 0 Å². The van der Waals surface area contributed by atoms with Crippen molar-refractivity contribution < 1.29 is 4.48 Å². The highest BCUT2D eigenvalue weighted by molar-refractivity contribution is 6.96. The Labute approximate surface area is 174 Å². The van der Waals surface area contributed by atoms with Crippen molar-refractivity contribution in [3.05, 3.63) is 114 Å². The lowest BCUT2D eigenvalue weighted by atomic mass is 9.37. The first-order chi connectivity index (χ1) is 14.3. The molecule has 6 rings (SSSR count). The van der Waals surface area contributed by atoms with Crippen molar-refractivity contribution >= 4 is 39.8 Å². The van der Waals surface area contributed by atoms with Crippen LogP contribution in [0.15, 0.2) is 109 Å². The van der Waals surface area contributed by atoms with E-state index >= 15 is 0 Å². The Bertz CT molecular complexity index is 1320. The third-order valence-corrected chi connectivity index (χ3v) is 6.49. The van der Waals surface area contributed by atoms with Crippen molar-refractivity contribution in [2.45, 2.75) is 0 Å². The number of nitrogens with zero attached hydrogens (tertiary/aromatic N) is 2.